The number of carbonyl (C=O) groups excluding carboxylic acids is 1. The average Bonchev–Trinajstić information content (AvgIpc) is 3.44. The Morgan fingerprint density at radius 3 is 2.29 bits per heavy atom. The standard InChI is InChI=1S/C18H29N5O.C2HF3O2/c1-21-12-14(11-19-21)16-13-23(18(24)20-15-5-6-15)10-7-17(16)22-8-3-2-4-9-22;3-2(4,5)1(6)7/h11-12,15-17H,2-10,13H2,1H3,(H,20,24);(H,6,7). The number of nitrogens with zero attached hydrogens (tertiary/aromatic N) is 4. The lowest BCUT2D eigenvalue weighted by Crippen LogP contribution is -2.54. The first-order valence-electron chi connectivity index (χ1n) is 10.7. The van der Waals surface area contributed by atoms with Gasteiger partial charge in [-0.2, -0.15) is 18.3 Å². The predicted octanol–water partition coefficient (Wildman–Crippen LogP) is 2.57. The van der Waals surface area contributed by atoms with Crippen molar-refractivity contribution >= 4 is 12.0 Å². The molecule has 1 saturated carbocycles. The number of alkyl halides is 3. The Labute approximate surface area is 179 Å². The zero-order valence-electron chi connectivity index (χ0n) is 17.6. The third-order valence-corrected chi connectivity index (χ3v) is 6.02. The number of carboxylic acid groups (broad SMARTS) is 1. The fraction of sp³-hybridized carbons (Fsp3) is 0.750. The van der Waals surface area contributed by atoms with Gasteiger partial charge in [0.15, 0.2) is 0 Å². The monoisotopic (exact) mass is 445 g/mol. The summed E-state index contributed by atoms with van der Waals surface area (Å²) in [6.07, 6.45) is 6.36. The number of carbonyl (C=O) groups is 2. The molecule has 0 spiro atoms. The van der Waals surface area contributed by atoms with Gasteiger partial charge in [0, 0.05) is 44.3 Å². The maximum Gasteiger partial charge on any atom is 0.490 e. The first-order valence-corrected chi connectivity index (χ1v) is 10.7. The summed E-state index contributed by atoms with van der Waals surface area (Å²) >= 11 is 0. The Balaban J connectivity index is 0.000000339. The number of urea groups is 1. The number of halogens is 3. The molecule has 3 aliphatic rings. The van der Waals surface area contributed by atoms with Crippen molar-refractivity contribution in [1.29, 1.82) is 0 Å². The Hall–Kier alpha value is -2.30. The first-order chi connectivity index (χ1) is 14.6. The lowest BCUT2D eigenvalue weighted by atomic mass is 9.85. The largest absolute Gasteiger partial charge is 0.490 e. The van der Waals surface area contributed by atoms with Crippen LogP contribution in [0.15, 0.2) is 12.4 Å². The molecule has 8 nitrogen and oxygen atoms in total. The van der Waals surface area contributed by atoms with E-state index in [1.165, 1.54) is 37.9 Å². The molecular formula is C20H30F3N5O3. The van der Waals surface area contributed by atoms with Gasteiger partial charge in [-0.15, -0.1) is 0 Å². The fourth-order valence-electron chi connectivity index (χ4n) is 4.26. The number of amides is 2. The Kier molecular flexibility index (Phi) is 7.45. The molecule has 0 aromatic carbocycles. The molecule has 4 rings (SSSR count). The van der Waals surface area contributed by atoms with Crippen LogP contribution in [-0.4, -0.2) is 81.1 Å². The number of carboxylic acids is 1. The van der Waals surface area contributed by atoms with E-state index in [1.54, 1.807) is 0 Å². The zero-order valence-corrected chi connectivity index (χ0v) is 17.6. The van der Waals surface area contributed by atoms with Gasteiger partial charge in [0.1, 0.15) is 0 Å². The highest BCUT2D eigenvalue weighted by Gasteiger charge is 2.39. The van der Waals surface area contributed by atoms with E-state index in [0.29, 0.717) is 18.0 Å². The van der Waals surface area contributed by atoms with Gasteiger partial charge in [-0.05, 0) is 50.8 Å². The molecule has 2 aliphatic heterocycles. The number of nitrogens with one attached hydrogen (secondary N) is 1. The number of hydrogen-bond acceptors (Lipinski definition) is 4. The molecule has 174 valence electrons. The summed E-state index contributed by atoms with van der Waals surface area (Å²) in [7, 11) is 1.97. The second kappa shape index (κ2) is 9.88. The van der Waals surface area contributed by atoms with Crippen molar-refractivity contribution in [3.63, 3.8) is 0 Å². The maximum atomic E-state index is 12.5. The molecule has 2 unspecified atom stereocenters. The van der Waals surface area contributed by atoms with E-state index in [-0.39, 0.29) is 6.03 Å². The summed E-state index contributed by atoms with van der Waals surface area (Å²) in [5.41, 5.74) is 1.27. The van der Waals surface area contributed by atoms with Crippen LogP contribution in [0.4, 0.5) is 18.0 Å². The Morgan fingerprint density at radius 2 is 1.77 bits per heavy atom. The quantitative estimate of drug-likeness (QED) is 0.746. The molecule has 31 heavy (non-hydrogen) atoms. The third-order valence-electron chi connectivity index (χ3n) is 6.02. The van der Waals surface area contributed by atoms with Crippen molar-refractivity contribution in [1.82, 2.24) is 24.9 Å². The minimum atomic E-state index is -5.08. The Morgan fingerprint density at radius 1 is 1.13 bits per heavy atom. The van der Waals surface area contributed by atoms with Gasteiger partial charge in [0.25, 0.3) is 0 Å². The van der Waals surface area contributed by atoms with Crippen LogP contribution in [-0.2, 0) is 11.8 Å². The number of hydrogen-bond donors (Lipinski definition) is 2. The van der Waals surface area contributed by atoms with Crippen LogP contribution >= 0.6 is 0 Å². The van der Waals surface area contributed by atoms with Crippen molar-refractivity contribution in [2.24, 2.45) is 7.05 Å². The second-order valence-electron chi connectivity index (χ2n) is 8.48. The Bertz CT molecular complexity index is 759. The van der Waals surface area contributed by atoms with Crippen molar-refractivity contribution in [3.8, 4) is 0 Å². The van der Waals surface area contributed by atoms with Gasteiger partial charge in [0.2, 0.25) is 0 Å². The van der Waals surface area contributed by atoms with E-state index in [9.17, 15) is 18.0 Å². The summed E-state index contributed by atoms with van der Waals surface area (Å²) in [4.78, 5) is 26.1. The normalized spacial score (nSPS) is 24.8. The molecule has 1 aliphatic carbocycles. The molecule has 3 heterocycles. The molecule has 2 saturated heterocycles. The lowest BCUT2D eigenvalue weighted by molar-refractivity contribution is -0.192. The number of piperidine rings is 2. The molecule has 0 bridgehead atoms. The predicted molar refractivity (Wildman–Crippen MR) is 107 cm³/mol. The molecular weight excluding hydrogens is 415 g/mol. The average molecular weight is 445 g/mol. The van der Waals surface area contributed by atoms with Crippen LogP contribution in [0.2, 0.25) is 0 Å². The van der Waals surface area contributed by atoms with Crippen LogP contribution in [0.5, 0.6) is 0 Å². The van der Waals surface area contributed by atoms with Gasteiger partial charge >= 0.3 is 18.2 Å². The summed E-state index contributed by atoms with van der Waals surface area (Å²) in [5, 5.41) is 14.7. The number of aryl methyl sites for hydroxylation is 1. The van der Waals surface area contributed by atoms with Crippen LogP contribution in [0.3, 0.4) is 0 Å². The highest BCUT2D eigenvalue weighted by atomic mass is 19.4. The summed E-state index contributed by atoms with van der Waals surface area (Å²) < 4.78 is 33.6. The van der Waals surface area contributed by atoms with Gasteiger partial charge in [-0.25, -0.2) is 9.59 Å². The van der Waals surface area contributed by atoms with Crippen LogP contribution in [0, 0.1) is 0 Å². The second-order valence-corrected chi connectivity index (χ2v) is 8.48. The summed E-state index contributed by atoms with van der Waals surface area (Å²) in [5.74, 6) is -2.39. The number of rotatable bonds is 3. The molecule has 1 aromatic heterocycles. The number of aliphatic carboxylic acids is 1. The van der Waals surface area contributed by atoms with E-state index in [2.05, 4.69) is 21.5 Å². The molecule has 3 fully saturated rings. The first kappa shape index (κ1) is 23.4. The fourth-order valence-corrected chi connectivity index (χ4v) is 4.26. The molecule has 0 radical (unpaired) electrons. The number of aromatic nitrogens is 2. The summed E-state index contributed by atoms with van der Waals surface area (Å²) in [6.45, 7) is 4.09. The van der Waals surface area contributed by atoms with Crippen molar-refractivity contribution < 1.29 is 27.9 Å². The maximum absolute atomic E-state index is 12.5. The topological polar surface area (TPSA) is 90.7 Å². The number of likely N-dealkylation sites (tertiary alicyclic amines) is 2. The SMILES string of the molecule is Cn1cc(C2CN(C(=O)NC3CC3)CCC2N2CCCCC2)cn1.O=C(O)C(F)(F)F. The summed E-state index contributed by atoms with van der Waals surface area (Å²) in [6, 6.07) is 1.09. The molecule has 2 atom stereocenters. The van der Waals surface area contributed by atoms with E-state index in [0.717, 1.165) is 32.4 Å². The van der Waals surface area contributed by atoms with Crippen molar-refractivity contribution in [2.75, 3.05) is 26.2 Å². The smallest absolute Gasteiger partial charge is 0.475 e. The van der Waals surface area contributed by atoms with Crippen LogP contribution < -0.4 is 5.32 Å². The minimum Gasteiger partial charge on any atom is -0.475 e. The zero-order chi connectivity index (χ0) is 22.6. The highest BCUT2D eigenvalue weighted by Crippen LogP contribution is 2.33. The van der Waals surface area contributed by atoms with E-state index in [4.69, 9.17) is 9.90 Å². The highest BCUT2D eigenvalue weighted by molar-refractivity contribution is 5.75. The van der Waals surface area contributed by atoms with Crippen molar-refractivity contribution in [2.45, 2.75) is 62.7 Å². The molecule has 11 heteroatoms. The van der Waals surface area contributed by atoms with Crippen LogP contribution in [0.25, 0.3) is 0 Å². The van der Waals surface area contributed by atoms with Gasteiger partial charge in [-0.1, -0.05) is 6.42 Å². The molecule has 1 aromatic rings. The minimum absolute atomic E-state index is 0.128. The third kappa shape index (κ3) is 6.59. The lowest BCUT2D eigenvalue weighted by Gasteiger charge is -2.45. The van der Waals surface area contributed by atoms with Crippen LogP contribution in [0.1, 0.15) is 50.0 Å². The van der Waals surface area contributed by atoms with E-state index < -0.39 is 12.1 Å². The molecule has 2 amide bonds. The molecule has 2 N–H and O–H groups in total. The van der Waals surface area contributed by atoms with E-state index in [1.807, 2.05) is 22.8 Å². The van der Waals surface area contributed by atoms with Crippen molar-refractivity contribution in [3.05, 3.63) is 18.0 Å². The van der Waals surface area contributed by atoms with Gasteiger partial charge < -0.3 is 15.3 Å². The van der Waals surface area contributed by atoms with E-state index >= 15 is 0 Å². The van der Waals surface area contributed by atoms with Gasteiger partial charge in [-0.3, -0.25) is 9.58 Å². The van der Waals surface area contributed by atoms with Gasteiger partial charge in [0.05, 0.1) is 6.20 Å².